The molecule has 0 radical (unpaired) electrons. The van der Waals surface area contributed by atoms with Crippen molar-refractivity contribution < 1.29 is 22.8 Å². The monoisotopic (exact) mass is 235 g/mol. The van der Waals surface area contributed by atoms with E-state index >= 15 is 0 Å². The summed E-state index contributed by atoms with van der Waals surface area (Å²) in [6, 6.07) is 0.295. The number of azide groups is 1. The van der Waals surface area contributed by atoms with Crippen molar-refractivity contribution in [3.8, 4) is 0 Å². The maximum atomic E-state index is 10.6. The fourth-order valence-corrected chi connectivity index (χ4v) is 2.35. The van der Waals surface area contributed by atoms with Gasteiger partial charge in [-0.3, -0.25) is 0 Å². The van der Waals surface area contributed by atoms with Gasteiger partial charge in [-0.15, -0.1) is 0 Å². The zero-order valence-electron chi connectivity index (χ0n) is 8.80. The van der Waals surface area contributed by atoms with Crippen LogP contribution in [0.3, 0.4) is 0 Å². The molecular weight excluding hydrogens is 222 g/mol. The second-order valence-corrected chi connectivity index (χ2v) is 5.44. The highest BCUT2D eigenvalue weighted by atomic mass is 28.4. The first kappa shape index (κ1) is 13.9. The van der Waals surface area contributed by atoms with Crippen molar-refractivity contribution in [2.24, 2.45) is 5.11 Å². The molecule has 0 aliphatic carbocycles. The Morgan fingerprint density at radius 2 is 1.87 bits per heavy atom. The first-order valence-electron chi connectivity index (χ1n) is 4.01. The van der Waals surface area contributed by atoms with Crippen LogP contribution in [0.25, 0.3) is 10.4 Å². The Balaban J connectivity index is 4.01. The van der Waals surface area contributed by atoms with E-state index in [1.807, 2.05) is 0 Å². The topological polar surface area (TPSA) is 103 Å². The molecule has 0 fully saturated rings. The van der Waals surface area contributed by atoms with E-state index in [2.05, 4.69) is 14.8 Å². The molecule has 0 N–H and O–H groups in total. The highest BCUT2D eigenvalue weighted by Crippen LogP contribution is 2.12. The standard InChI is InChI=1S/C6H13N3O5Si/c1-11-15(12-2,13-3)5-4-14-6(10)8-9-7/h4-5H2,1-3H3. The number of hydrogen-bond acceptors (Lipinski definition) is 5. The number of amides is 1. The van der Waals surface area contributed by atoms with Crippen molar-refractivity contribution in [2.75, 3.05) is 27.9 Å². The summed E-state index contributed by atoms with van der Waals surface area (Å²) in [6.45, 7) is 0.0135. The summed E-state index contributed by atoms with van der Waals surface area (Å²) in [6.07, 6.45) is -0.983. The van der Waals surface area contributed by atoms with Crippen LogP contribution >= 0.6 is 0 Å². The average Bonchev–Trinajstić information content (AvgIpc) is 2.25. The fourth-order valence-electron chi connectivity index (χ4n) is 0.885. The third-order valence-corrected chi connectivity index (χ3v) is 4.38. The second-order valence-electron chi connectivity index (χ2n) is 2.35. The molecule has 0 bridgehead atoms. The number of nitrogens with zero attached hydrogens (tertiary/aromatic N) is 3. The molecule has 86 valence electrons. The minimum atomic E-state index is -2.72. The van der Waals surface area contributed by atoms with Crippen molar-refractivity contribution in [2.45, 2.75) is 6.04 Å². The lowest BCUT2D eigenvalue weighted by molar-refractivity contribution is 0.110. The number of hydrogen-bond donors (Lipinski definition) is 0. The quantitative estimate of drug-likeness (QED) is 0.299. The Bertz CT molecular complexity index is 243. The molecule has 0 aliphatic heterocycles. The van der Waals surface area contributed by atoms with Crippen molar-refractivity contribution >= 4 is 14.9 Å². The zero-order chi connectivity index (χ0) is 11.7. The molecule has 15 heavy (non-hydrogen) atoms. The van der Waals surface area contributed by atoms with Crippen LogP contribution in [0.4, 0.5) is 4.79 Å². The predicted molar refractivity (Wildman–Crippen MR) is 52.1 cm³/mol. The van der Waals surface area contributed by atoms with Crippen LogP contribution in [0.15, 0.2) is 5.11 Å². The van der Waals surface area contributed by atoms with Gasteiger partial charge in [-0.25, -0.2) is 4.79 Å². The van der Waals surface area contributed by atoms with Gasteiger partial charge in [0, 0.05) is 31.4 Å². The highest BCUT2D eigenvalue weighted by Gasteiger charge is 2.37. The Hall–Kier alpha value is -1.12. The van der Waals surface area contributed by atoms with E-state index in [-0.39, 0.29) is 6.61 Å². The molecule has 0 spiro atoms. The molecule has 0 aromatic heterocycles. The van der Waals surface area contributed by atoms with Crippen LogP contribution in [-0.4, -0.2) is 42.8 Å². The fraction of sp³-hybridized carbons (Fsp3) is 0.833. The smallest absolute Gasteiger partial charge is 0.461 e. The molecule has 0 rings (SSSR count). The van der Waals surface area contributed by atoms with Crippen LogP contribution in [0.5, 0.6) is 0 Å². The van der Waals surface area contributed by atoms with E-state index in [1.54, 1.807) is 0 Å². The van der Waals surface area contributed by atoms with Gasteiger partial charge in [-0.1, -0.05) is 0 Å². The third-order valence-electron chi connectivity index (χ3n) is 1.69. The van der Waals surface area contributed by atoms with Gasteiger partial charge in [-0.2, -0.15) is 0 Å². The van der Waals surface area contributed by atoms with Crippen LogP contribution in [0, 0.1) is 0 Å². The van der Waals surface area contributed by atoms with E-state index in [0.717, 1.165) is 0 Å². The van der Waals surface area contributed by atoms with Crippen molar-refractivity contribution in [1.29, 1.82) is 0 Å². The summed E-state index contributed by atoms with van der Waals surface area (Å²) in [5.41, 5.74) is 7.93. The van der Waals surface area contributed by atoms with Gasteiger partial charge in [0.1, 0.15) is 0 Å². The summed E-state index contributed by atoms with van der Waals surface area (Å²) in [5.74, 6) is 0. The predicted octanol–water partition coefficient (Wildman–Crippen LogP) is 1.31. The summed E-state index contributed by atoms with van der Waals surface area (Å²) in [7, 11) is 1.64. The highest BCUT2D eigenvalue weighted by molar-refractivity contribution is 6.60. The summed E-state index contributed by atoms with van der Waals surface area (Å²) < 4.78 is 19.8. The van der Waals surface area contributed by atoms with Crippen LogP contribution < -0.4 is 0 Å². The molecule has 8 nitrogen and oxygen atoms in total. The zero-order valence-corrected chi connectivity index (χ0v) is 9.80. The van der Waals surface area contributed by atoms with E-state index in [0.29, 0.717) is 6.04 Å². The lowest BCUT2D eigenvalue weighted by Crippen LogP contribution is -2.43. The first-order chi connectivity index (χ1) is 7.14. The second kappa shape index (κ2) is 7.21. The number of rotatable bonds is 6. The summed E-state index contributed by atoms with van der Waals surface area (Å²) >= 11 is 0. The molecule has 0 atom stereocenters. The van der Waals surface area contributed by atoms with Crippen LogP contribution in [-0.2, 0) is 18.0 Å². The number of carbonyl (C=O) groups excluding carboxylic acids is 1. The lowest BCUT2D eigenvalue weighted by atomic mass is 10.8. The van der Waals surface area contributed by atoms with Gasteiger partial charge in [0.25, 0.3) is 0 Å². The third kappa shape index (κ3) is 4.77. The first-order valence-corrected chi connectivity index (χ1v) is 5.94. The maximum absolute atomic E-state index is 10.6. The number of ether oxygens (including phenoxy) is 1. The van der Waals surface area contributed by atoms with Gasteiger partial charge in [0.15, 0.2) is 0 Å². The van der Waals surface area contributed by atoms with Crippen LogP contribution in [0.2, 0.25) is 6.04 Å². The average molecular weight is 235 g/mol. The van der Waals surface area contributed by atoms with Crippen molar-refractivity contribution in [3.05, 3.63) is 10.4 Å². The number of carbonyl (C=O) groups is 1. The molecule has 0 saturated heterocycles. The minimum Gasteiger partial charge on any atom is -0.461 e. The minimum absolute atomic E-state index is 0.0135. The molecule has 0 saturated carbocycles. The van der Waals surface area contributed by atoms with Crippen molar-refractivity contribution in [1.82, 2.24) is 0 Å². The Morgan fingerprint density at radius 1 is 1.33 bits per heavy atom. The van der Waals surface area contributed by atoms with E-state index in [4.69, 9.17) is 18.8 Å². The van der Waals surface area contributed by atoms with Gasteiger partial charge in [-0.05, 0) is 5.53 Å². The van der Waals surface area contributed by atoms with Gasteiger partial charge in [0.05, 0.1) is 12.7 Å². The largest absolute Gasteiger partial charge is 0.503 e. The Labute approximate surface area is 88.1 Å². The molecule has 0 heterocycles. The molecule has 0 aliphatic rings. The van der Waals surface area contributed by atoms with Gasteiger partial charge in [0.2, 0.25) is 0 Å². The van der Waals surface area contributed by atoms with E-state index in [9.17, 15) is 4.79 Å². The normalized spacial score (nSPS) is 10.6. The molecular formula is C6H13N3O5Si. The van der Waals surface area contributed by atoms with Crippen LogP contribution in [0.1, 0.15) is 0 Å². The molecule has 0 aromatic rings. The lowest BCUT2D eigenvalue weighted by Gasteiger charge is -2.23. The Kier molecular flexibility index (Phi) is 6.67. The van der Waals surface area contributed by atoms with Gasteiger partial charge >= 0.3 is 14.9 Å². The summed E-state index contributed by atoms with van der Waals surface area (Å²) in [5, 5.41) is 2.73. The van der Waals surface area contributed by atoms with Gasteiger partial charge < -0.3 is 18.0 Å². The summed E-state index contributed by atoms with van der Waals surface area (Å²) in [4.78, 5) is 12.9. The van der Waals surface area contributed by atoms with E-state index in [1.165, 1.54) is 21.3 Å². The SMILES string of the molecule is CO[Si](CCOC(=O)N=[N+]=[N-])(OC)OC. The van der Waals surface area contributed by atoms with E-state index < -0.39 is 14.9 Å². The Morgan fingerprint density at radius 3 is 2.27 bits per heavy atom. The van der Waals surface area contributed by atoms with Crippen molar-refractivity contribution in [3.63, 3.8) is 0 Å². The molecule has 0 unspecified atom stereocenters. The molecule has 0 aromatic carbocycles. The maximum Gasteiger partial charge on any atom is 0.503 e. The molecule has 1 amide bonds. The molecule has 9 heteroatoms.